The van der Waals surface area contributed by atoms with Crippen LogP contribution in [0.1, 0.15) is 52.9 Å². The number of nitrogens with zero attached hydrogens (tertiary/aromatic N) is 1. The normalized spacial score (nSPS) is 37.0. The lowest BCUT2D eigenvalue weighted by molar-refractivity contribution is 0.177. The zero-order chi connectivity index (χ0) is 13.1. The summed E-state index contributed by atoms with van der Waals surface area (Å²) in [5, 5.41) is 3.96. The molecule has 1 N–H and O–H groups in total. The summed E-state index contributed by atoms with van der Waals surface area (Å²) >= 11 is 0. The zero-order valence-corrected chi connectivity index (χ0v) is 12.8. The van der Waals surface area contributed by atoms with Gasteiger partial charge in [-0.25, -0.2) is 0 Å². The molecular formula is C16H32N2. The molecule has 0 aromatic heterocycles. The first-order valence-corrected chi connectivity index (χ1v) is 8.06. The summed E-state index contributed by atoms with van der Waals surface area (Å²) < 4.78 is 0. The Kier molecular flexibility index (Phi) is 5.08. The van der Waals surface area contributed by atoms with Crippen LogP contribution in [0.2, 0.25) is 0 Å². The molecule has 2 aliphatic rings. The van der Waals surface area contributed by atoms with E-state index in [0.29, 0.717) is 6.04 Å². The second-order valence-corrected chi connectivity index (χ2v) is 6.81. The van der Waals surface area contributed by atoms with Crippen LogP contribution in [-0.4, -0.2) is 37.1 Å². The van der Waals surface area contributed by atoms with Crippen molar-refractivity contribution >= 4 is 0 Å². The largest absolute Gasteiger partial charge is 0.311 e. The number of nitrogens with one attached hydrogen (secondary N) is 1. The molecule has 4 atom stereocenters. The molecule has 4 unspecified atom stereocenters. The summed E-state index contributed by atoms with van der Waals surface area (Å²) in [6.07, 6.45) is 6.96. The molecule has 2 fully saturated rings. The Morgan fingerprint density at radius 2 is 1.83 bits per heavy atom. The molecular weight excluding hydrogens is 220 g/mol. The predicted octanol–water partition coefficient (Wildman–Crippen LogP) is 3.13. The number of piperidine rings is 1. The molecule has 0 bridgehead atoms. The van der Waals surface area contributed by atoms with E-state index in [1.807, 2.05) is 0 Å². The van der Waals surface area contributed by atoms with Crippen molar-refractivity contribution in [2.45, 2.75) is 65.0 Å². The molecule has 0 spiro atoms. The van der Waals surface area contributed by atoms with Gasteiger partial charge in [0, 0.05) is 12.1 Å². The molecule has 0 amide bonds. The smallest absolute Gasteiger partial charge is 0.00980 e. The molecule has 18 heavy (non-hydrogen) atoms. The maximum Gasteiger partial charge on any atom is 0.00980 e. The van der Waals surface area contributed by atoms with Crippen LogP contribution in [0.25, 0.3) is 0 Å². The highest BCUT2D eigenvalue weighted by Gasteiger charge is 2.33. The number of likely N-dealkylation sites (tertiary alicyclic amines) is 1. The van der Waals surface area contributed by atoms with E-state index in [1.165, 1.54) is 45.2 Å². The Morgan fingerprint density at radius 1 is 1.17 bits per heavy atom. The molecule has 0 radical (unpaired) electrons. The van der Waals surface area contributed by atoms with E-state index < -0.39 is 0 Å². The van der Waals surface area contributed by atoms with Crippen LogP contribution in [0.15, 0.2) is 0 Å². The number of rotatable bonds is 4. The van der Waals surface area contributed by atoms with Crippen molar-refractivity contribution in [3.05, 3.63) is 0 Å². The summed E-state index contributed by atoms with van der Waals surface area (Å²) in [6, 6.07) is 1.49. The van der Waals surface area contributed by atoms with Crippen LogP contribution in [-0.2, 0) is 0 Å². The second-order valence-electron chi connectivity index (χ2n) is 6.81. The number of hydrogen-bond acceptors (Lipinski definition) is 2. The van der Waals surface area contributed by atoms with Gasteiger partial charge in [-0.3, -0.25) is 0 Å². The molecule has 2 nitrogen and oxygen atoms in total. The molecule has 2 rings (SSSR count). The fraction of sp³-hybridized carbons (Fsp3) is 1.00. The fourth-order valence-electron chi connectivity index (χ4n) is 4.06. The lowest BCUT2D eigenvalue weighted by Crippen LogP contribution is -2.46. The average Bonchev–Trinajstić information content (AvgIpc) is 2.71. The number of hydrogen-bond donors (Lipinski definition) is 1. The van der Waals surface area contributed by atoms with Crippen LogP contribution in [0.3, 0.4) is 0 Å². The van der Waals surface area contributed by atoms with Crippen molar-refractivity contribution in [2.24, 2.45) is 17.8 Å². The van der Waals surface area contributed by atoms with Gasteiger partial charge in [-0.05, 0) is 70.5 Å². The first-order chi connectivity index (χ1) is 8.61. The van der Waals surface area contributed by atoms with Gasteiger partial charge in [-0.15, -0.1) is 0 Å². The molecule has 1 aliphatic carbocycles. The quantitative estimate of drug-likeness (QED) is 0.827. The van der Waals surface area contributed by atoms with Crippen LogP contribution in [0.5, 0.6) is 0 Å². The van der Waals surface area contributed by atoms with E-state index in [0.717, 1.165) is 23.8 Å². The second kappa shape index (κ2) is 6.38. The third-order valence-corrected chi connectivity index (χ3v) is 5.70. The predicted molar refractivity (Wildman–Crippen MR) is 78.8 cm³/mol. The van der Waals surface area contributed by atoms with Crippen molar-refractivity contribution in [1.82, 2.24) is 10.2 Å². The summed E-state index contributed by atoms with van der Waals surface area (Å²) in [7, 11) is 2.25. The Bertz CT molecular complexity index is 245. The molecule has 1 saturated carbocycles. The van der Waals surface area contributed by atoms with E-state index >= 15 is 0 Å². The highest BCUT2D eigenvalue weighted by molar-refractivity contribution is 4.89. The Labute approximate surface area is 114 Å². The molecule has 0 aromatic rings. The van der Waals surface area contributed by atoms with Crippen LogP contribution in [0.4, 0.5) is 0 Å². The maximum absolute atomic E-state index is 3.96. The third-order valence-electron chi connectivity index (χ3n) is 5.70. The van der Waals surface area contributed by atoms with Gasteiger partial charge in [0.2, 0.25) is 0 Å². The van der Waals surface area contributed by atoms with Gasteiger partial charge in [0.05, 0.1) is 0 Å². The molecule has 2 heteroatoms. The SMILES string of the molecule is CCC1CCC(NC(C)C2CCN(C)CC2)C1C. The monoisotopic (exact) mass is 252 g/mol. The Balaban J connectivity index is 1.79. The Morgan fingerprint density at radius 3 is 2.39 bits per heavy atom. The van der Waals surface area contributed by atoms with E-state index in [1.54, 1.807) is 0 Å². The van der Waals surface area contributed by atoms with Gasteiger partial charge in [-0.2, -0.15) is 0 Å². The van der Waals surface area contributed by atoms with Crippen LogP contribution >= 0.6 is 0 Å². The Hall–Kier alpha value is -0.0800. The molecule has 1 heterocycles. The minimum absolute atomic E-state index is 0.710. The van der Waals surface area contributed by atoms with E-state index in [2.05, 4.69) is 38.0 Å². The van der Waals surface area contributed by atoms with Crippen molar-refractivity contribution in [3.8, 4) is 0 Å². The minimum atomic E-state index is 0.710. The standard InChI is InChI=1S/C16H32N2/c1-5-14-6-7-16(12(14)2)17-13(3)15-8-10-18(4)11-9-15/h12-17H,5-11H2,1-4H3. The summed E-state index contributed by atoms with van der Waals surface area (Å²) in [5.74, 6) is 2.74. The zero-order valence-electron chi connectivity index (χ0n) is 12.8. The molecule has 1 saturated heterocycles. The van der Waals surface area contributed by atoms with Crippen molar-refractivity contribution in [2.75, 3.05) is 20.1 Å². The van der Waals surface area contributed by atoms with Gasteiger partial charge in [-0.1, -0.05) is 20.3 Å². The third kappa shape index (κ3) is 3.27. The van der Waals surface area contributed by atoms with E-state index in [4.69, 9.17) is 0 Å². The van der Waals surface area contributed by atoms with Gasteiger partial charge >= 0.3 is 0 Å². The summed E-state index contributed by atoms with van der Waals surface area (Å²) in [5.41, 5.74) is 0. The van der Waals surface area contributed by atoms with Gasteiger partial charge < -0.3 is 10.2 Å². The molecule has 1 aliphatic heterocycles. The lowest BCUT2D eigenvalue weighted by Gasteiger charge is -2.35. The van der Waals surface area contributed by atoms with E-state index in [9.17, 15) is 0 Å². The summed E-state index contributed by atoms with van der Waals surface area (Å²) in [6.45, 7) is 9.80. The average molecular weight is 252 g/mol. The lowest BCUT2D eigenvalue weighted by atomic mass is 9.88. The molecule has 0 aromatic carbocycles. The highest BCUT2D eigenvalue weighted by atomic mass is 15.1. The van der Waals surface area contributed by atoms with Gasteiger partial charge in [0.15, 0.2) is 0 Å². The minimum Gasteiger partial charge on any atom is -0.311 e. The fourth-order valence-corrected chi connectivity index (χ4v) is 4.06. The van der Waals surface area contributed by atoms with Crippen LogP contribution < -0.4 is 5.32 Å². The van der Waals surface area contributed by atoms with Crippen molar-refractivity contribution in [1.29, 1.82) is 0 Å². The van der Waals surface area contributed by atoms with Gasteiger partial charge in [0.25, 0.3) is 0 Å². The topological polar surface area (TPSA) is 15.3 Å². The van der Waals surface area contributed by atoms with Crippen LogP contribution in [0, 0.1) is 17.8 Å². The van der Waals surface area contributed by atoms with Gasteiger partial charge in [0.1, 0.15) is 0 Å². The maximum atomic E-state index is 3.96. The summed E-state index contributed by atoms with van der Waals surface area (Å²) in [4.78, 5) is 2.47. The van der Waals surface area contributed by atoms with Crippen molar-refractivity contribution in [3.63, 3.8) is 0 Å². The van der Waals surface area contributed by atoms with Crippen molar-refractivity contribution < 1.29 is 0 Å². The first kappa shape index (κ1) is 14.3. The van der Waals surface area contributed by atoms with E-state index in [-0.39, 0.29) is 0 Å². The first-order valence-electron chi connectivity index (χ1n) is 8.06. The molecule has 106 valence electrons. The highest BCUT2D eigenvalue weighted by Crippen LogP contribution is 2.34.